The lowest BCUT2D eigenvalue weighted by Crippen LogP contribution is -2.52. The molecule has 2 rings (SSSR count). The number of hydrogen-bond acceptors (Lipinski definition) is 2. The number of thiophene rings is 1. The van der Waals surface area contributed by atoms with Crippen LogP contribution in [0.5, 0.6) is 0 Å². The molecule has 2 heterocycles. The third kappa shape index (κ3) is 1.10. The van der Waals surface area contributed by atoms with Gasteiger partial charge in [-0.1, -0.05) is 13.8 Å². The van der Waals surface area contributed by atoms with E-state index in [1.807, 2.05) is 0 Å². The summed E-state index contributed by atoms with van der Waals surface area (Å²) in [5.41, 5.74) is 1.91. The van der Waals surface area contributed by atoms with Gasteiger partial charge in [0.1, 0.15) is 0 Å². The minimum atomic E-state index is 0.459. The maximum atomic E-state index is 3.44. The van der Waals surface area contributed by atoms with Crippen LogP contribution in [0.4, 0.5) is 0 Å². The summed E-state index contributed by atoms with van der Waals surface area (Å²) >= 11 is 1.78. The van der Waals surface area contributed by atoms with Crippen LogP contribution in [0, 0.1) is 5.41 Å². The van der Waals surface area contributed by atoms with Crippen LogP contribution in [-0.4, -0.2) is 6.54 Å². The Hall–Kier alpha value is -0.340. The Bertz CT molecular complexity index is 238. The molecule has 0 amide bonds. The summed E-state index contributed by atoms with van der Waals surface area (Å²) in [5.74, 6) is 0. The van der Waals surface area contributed by atoms with E-state index < -0.39 is 0 Å². The van der Waals surface area contributed by atoms with Gasteiger partial charge in [-0.25, -0.2) is 0 Å². The van der Waals surface area contributed by atoms with Crippen molar-refractivity contribution in [2.75, 3.05) is 6.54 Å². The van der Waals surface area contributed by atoms with E-state index in [2.05, 4.69) is 36.0 Å². The first kappa shape index (κ1) is 7.32. The molecule has 0 saturated carbocycles. The van der Waals surface area contributed by atoms with Gasteiger partial charge in [0.15, 0.2) is 0 Å². The average Bonchev–Trinajstić information content (AvgIpc) is 2.38. The Balaban J connectivity index is 2.20. The molecule has 11 heavy (non-hydrogen) atoms. The van der Waals surface area contributed by atoms with E-state index in [1.165, 1.54) is 5.56 Å². The smallest absolute Gasteiger partial charge is 0.0392 e. The molecule has 1 nitrogen and oxygen atoms in total. The first-order valence-corrected chi connectivity index (χ1v) is 4.90. The van der Waals surface area contributed by atoms with E-state index in [-0.39, 0.29) is 0 Å². The monoisotopic (exact) mass is 167 g/mol. The second-order valence-electron chi connectivity index (χ2n) is 3.86. The average molecular weight is 167 g/mol. The fourth-order valence-corrected chi connectivity index (χ4v) is 2.31. The zero-order valence-electron chi connectivity index (χ0n) is 6.92. The fourth-order valence-electron chi connectivity index (χ4n) is 1.62. The highest BCUT2D eigenvalue weighted by Crippen LogP contribution is 2.40. The molecule has 1 fully saturated rings. The van der Waals surface area contributed by atoms with Crippen LogP contribution in [0.2, 0.25) is 0 Å². The SMILES string of the molecule is CC1(C)CNC1c1ccsc1. The number of hydrogen-bond donors (Lipinski definition) is 1. The predicted molar refractivity (Wildman–Crippen MR) is 48.8 cm³/mol. The van der Waals surface area contributed by atoms with Gasteiger partial charge in [-0.3, -0.25) is 0 Å². The third-order valence-corrected chi connectivity index (χ3v) is 3.12. The Morgan fingerprint density at radius 1 is 1.64 bits per heavy atom. The van der Waals surface area contributed by atoms with Gasteiger partial charge in [0.25, 0.3) is 0 Å². The van der Waals surface area contributed by atoms with Gasteiger partial charge in [0.05, 0.1) is 0 Å². The topological polar surface area (TPSA) is 12.0 Å². The van der Waals surface area contributed by atoms with E-state index in [1.54, 1.807) is 11.3 Å². The van der Waals surface area contributed by atoms with Crippen LogP contribution in [0.25, 0.3) is 0 Å². The molecule has 2 heteroatoms. The summed E-state index contributed by atoms with van der Waals surface area (Å²) in [6, 6.07) is 2.80. The second kappa shape index (κ2) is 2.32. The summed E-state index contributed by atoms with van der Waals surface area (Å²) < 4.78 is 0. The molecule has 1 aliphatic heterocycles. The normalized spacial score (nSPS) is 28.0. The number of rotatable bonds is 1. The van der Waals surface area contributed by atoms with E-state index >= 15 is 0 Å². The van der Waals surface area contributed by atoms with Gasteiger partial charge in [-0.2, -0.15) is 11.3 Å². The molecule has 1 aliphatic rings. The van der Waals surface area contributed by atoms with Gasteiger partial charge in [-0.15, -0.1) is 0 Å². The maximum Gasteiger partial charge on any atom is 0.0392 e. The van der Waals surface area contributed by atoms with Crippen molar-refractivity contribution >= 4 is 11.3 Å². The first-order valence-electron chi connectivity index (χ1n) is 3.96. The summed E-state index contributed by atoms with van der Waals surface area (Å²) in [5, 5.41) is 7.82. The molecule has 0 aliphatic carbocycles. The Morgan fingerprint density at radius 2 is 2.45 bits per heavy atom. The fraction of sp³-hybridized carbons (Fsp3) is 0.556. The molecule has 0 aromatic carbocycles. The Kier molecular flexibility index (Phi) is 1.55. The summed E-state index contributed by atoms with van der Waals surface area (Å²) in [6.45, 7) is 5.77. The van der Waals surface area contributed by atoms with Crippen molar-refractivity contribution in [1.82, 2.24) is 5.32 Å². The highest BCUT2D eigenvalue weighted by Gasteiger charge is 2.38. The predicted octanol–water partition coefficient (Wildman–Crippen LogP) is 2.42. The van der Waals surface area contributed by atoms with Crippen LogP contribution in [0.1, 0.15) is 25.5 Å². The molecular formula is C9H13NS. The van der Waals surface area contributed by atoms with Crippen molar-refractivity contribution in [3.05, 3.63) is 22.4 Å². The molecule has 60 valence electrons. The van der Waals surface area contributed by atoms with E-state index in [0.29, 0.717) is 11.5 Å². The van der Waals surface area contributed by atoms with Crippen molar-refractivity contribution in [3.63, 3.8) is 0 Å². The molecule has 1 N–H and O–H groups in total. The molecule has 1 atom stereocenters. The minimum Gasteiger partial charge on any atom is -0.309 e. The molecular weight excluding hydrogens is 154 g/mol. The van der Waals surface area contributed by atoms with E-state index in [0.717, 1.165) is 6.54 Å². The molecule has 1 unspecified atom stereocenters. The first-order chi connectivity index (χ1) is 5.20. The Morgan fingerprint density at radius 3 is 2.82 bits per heavy atom. The highest BCUT2D eigenvalue weighted by molar-refractivity contribution is 7.07. The number of nitrogens with one attached hydrogen (secondary N) is 1. The van der Waals surface area contributed by atoms with Crippen LogP contribution in [-0.2, 0) is 0 Å². The molecule has 0 bridgehead atoms. The standard InChI is InChI=1S/C9H13NS/c1-9(2)6-10-8(9)7-3-4-11-5-7/h3-5,8,10H,6H2,1-2H3. The molecule has 0 radical (unpaired) electrons. The van der Waals surface area contributed by atoms with Gasteiger partial charge in [0.2, 0.25) is 0 Å². The van der Waals surface area contributed by atoms with Crippen molar-refractivity contribution in [2.24, 2.45) is 5.41 Å². The van der Waals surface area contributed by atoms with E-state index in [4.69, 9.17) is 0 Å². The summed E-state index contributed by atoms with van der Waals surface area (Å²) in [6.07, 6.45) is 0. The van der Waals surface area contributed by atoms with Crippen LogP contribution in [0.15, 0.2) is 16.8 Å². The van der Waals surface area contributed by atoms with Crippen molar-refractivity contribution in [1.29, 1.82) is 0 Å². The molecule has 1 aromatic heterocycles. The molecule has 1 aromatic rings. The molecule has 0 spiro atoms. The quantitative estimate of drug-likeness (QED) is 0.677. The summed E-state index contributed by atoms with van der Waals surface area (Å²) in [4.78, 5) is 0. The van der Waals surface area contributed by atoms with Gasteiger partial charge >= 0.3 is 0 Å². The zero-order chi connectivity index (χ0) is 7.90. The lowest BCUT2D eigenvalue weighted by Gasteiger charge is -2.45. The van der Waals surface area contributed by atoms with Crippen molar-refractivity contribution < 1.29 is 0 Å². The van der Waals surface area contributed by atoms with Crippen molar-refractivity contribution in [3.8, 4) is 0 Å². The van der Waals surface area contributed by atoms with Crippen molar-refractivity contribution in [2.45, 2.75) is 19.9 Å². The second-order valence-corrected chi connectivity index (χ2v) is 4.64. The summed E-state index contributed by atoms with van der Waals surface area (Å²) in [7, 11) is 0. The lowest BCUT2D eigenvalue weighted by atomic mass is 9.75. The minimum absolute atomic E-state index is 0.459. The van der Waals surface area contributed by atoms with Gasteiger partial charge < -0.3 is 5.32 Å². The van der Waals surface area contributed by atoms with Gasteiger partial charge in [0, 0.05) is 12.6 Å². The molecule has 1 saturated heterocycles. The third-order valence-electron chi connectivity index (χ3n) is 2.42. The van der Waals surface area contributed by atoms with Crippen LogP contribution in [0.3, 0.4) is 0 Å². The Labute approximate surface area is 71.4 Å². The highest BCUT2D eigenvalue weighted by atomic mass is 32.1. The lowest BCUT2D eigenvalue weighted by molar-refractivity contribution is 0.129. The zero-order valence-corrected chi connectivity index (χ0v) is 7.74. The van der Waals surface area contributed by atoms with Crippen LogP contribution >= 0.6 is 11.3 Å². The maximum absolute atomic E-state index is 3.44. The van der Waals surface area contributed by atoms with E-state index in [9.17, 15) is 0 Å². The van der Waals surface area contributed by atoms with Crippen LogP contribution < -0.4 is 5.32 Å². The largest absolute Gasteiger partial charge is 0.309 e. The van der Waals surface area contributed by atoms with Gasteiger partial charge in [-0.05, 0) is 27.8 Å².